The number of hydrogen-bond acceptors (Lipinski definition) is 7. The van der Waals surface area contributed by atoms with Crippen molar-refractivity contribution in [1.29, 1.82) is 0 Å². The first kappa shape index (κ1) is 18.7. The number of aliphatic hydroxyl groups is 1. The van der Waals surface area contributed by atoms with E-state index in [1.54, 1.807) is 6.20 Å². The van der Waals surface area contributed by atoms with E-state index in [0.717, 1.165) is 42.5 Å². The largest absolute Gasteiger partial charge is 0.395 e. The summed E-state index contributed by atoms with van der Waals surface area (Å²) in [4.78, 5) is 13.9. The zero-order valence-corrected chi connectivity index (χ0v) is 16.6. The van der Waals surface area contributed by atoms with Gasteiger partial charge in [-0.1, -0.05) is 12.1 Å². The van der Waals surface area contributed by atoms with Gasteiger partial charge >= 0.3 is 0 Å². The Hall–Kier alpha value is -3.30. The second kappa shape index (κ2) is 7.85. The van der Waals surface area contributed by atoms with E-state index in [9.17, 15) is 5.11 Å². The third-order valence-corrected chi connectivity index (χ3v) is 5.57. The molecular formula is C21H24N8O. The molecule has 1 saturated heterocycles. The van der Waals surface area contributed by atoms with Gasteiger partial charge in [0.25, 0.3) is 0 Å². The molecule has 0 aliphatic carbocycles. The monoisotopic (exact) mass is 404 g/mol. The number of nitrogen functional groups attached to an aromatic ring is 1. The molecule has 1 aliphatic heterocycles. The normalized spacial score (nSPS) is 15.1. The number of para-hydroxylation sites is 2. The Bertz CT molecular complexity index is 1170. The van der Waals surface area contributed by atoms with Gasteiger partial charge in [-0.15, -0.1) is 0 Å². The van der Waals surface area contributed by atoms with Crippen molar-refractivity contribution in [3.8, 4) is 22.8 Å². The predicted molar refractivity (Wildman–Crippen MR) is 115 cm³/mol. The molecule has 30 heavy (non-hydrogen) atoms. The maximum Gasteiger partial charge on any atom is 0.163 e. The van der Waals surface area contributed by atoms with Gasteiger partial charge in [0.2, 0.25) is 0 Å². The minimum Gasteiger partial charge on any atom is -0.395 e. The van der Waals surface area contributed by atoms with E-state index in [4.69, 9.17) is 15.7 Å². The van der Waals surface area contributed by atoms with Crippen LogP contribution in [0.2, 0.25) is 0 Å². The molecule has 3 aromatic heterocycles. The molecule has 0 bridgehead atoms. The quantitative estimate of drug-likeness (QED) is 0.464. The Morgan fingerprint density at radius 1 is 1.13 bits per heavy atom. The number of nitrogens with zero attached hydrogens (tertiary/aromatic N) is 6. The van der Waals surface area contributed by atoms with Crippen LogP contribution in [0.15, 0.2) is 42.9 Å². The van der Waals surface area contributed by atoms with Gasteiger partial charge in [0.15, 0.2) is 11.6 Å². The molecule has 9 nitrogen and oxygen atoms in total. The molecule has 9 heteroatoms. The molecule has 5 rings (SSSR count). The number of anilines is 1. The van der Waals surface area contributed by atoms with Gasteiger partial charge in [-0.3, -0.25) is 4.68 Å². The molecule has 0 radical (unpaired) electrons. The SMILES string of the molecule is Nc1ncc(-c2cnn(C3CCNCC3)c2)nc1-c1nc2ccccc2n1CCO. The van der Waals surface area contributed by atoms with Gasteiger partial charge in [0, 0.05) is 18.3 Å². The molecule has 4 heterocycles. The summed E-state index contributed by atoms with van der Waals surface area (Å²) in [6.07, 6.45) is 7.64. The number of fused-ring (bicyclic) bond motifs is 1. The number of nitrogens with one attached hydrogen (secondary N) is 1. The Balaban J connectivity index is 1.56. The van der Waals surface area contributed by atoms with Gasteiger partial charge in [-0.05, 0) is 38.1 Å². The molecule has 1 aliphatic rings. The van der Waals surface area contributed by atoms with E-state index in [1.165, 1.54) is 0 Å². The second-order valence-corrected chi connectivity index (χ2v) is 7.48. The van der Waals surface area contributed by atoms with Gasteiger partial charge in [-0.2, -0.15) is 5.10 Å². The van der Waals surface area contributed by atoms with E-state index in [2.05, 4.69) is 15.4 Å². The summed E-state index contributed by atoms with van der Waals surface area (Å²) >= 11 is 0. The highest BCUT2D eigenvalue weighted by molar-refractivity contribution is 5.82. The number of aliphatic hydroxyl groups excluding tert-OH is 1. The Labute approximate surface area is 173 Å². The fraction of sp³-hybridized carbons (Fsp3) is 0.333. The highest BCUT2D eigenvalue weighted by Gasteiger charge is 2.20. The van der Waals surface area contributed by atoms with E-state index >= 15 is 0 Å². The lowest BCUT2D eigenvalue weighted by Gasteiger charge is -2.22. The number of imidazole rings is 1. The third kappa shape index (κ3) is 3.31. The molecule has 4 N–H and O–H groups in total. The summed E-state index contributed by atoms with van der Waals surface area (Å²) in [6, 6.07) is 8.18. The van der Waals surface area contributed by atoms with Crippen molar-refractivity contribution in [3.05, 3.63) is 42.9 Å². The molecule has 0 saturated carbocycles. The van der Waals surface area contributed by atoms with Crippen molar-refractivity contribution in [2.75, 3.05) is 25.4 Å². The Morgan fingerprint density at radius 3 is 2.80 bits per heavy atom. The number of aromatic nitrogens is 6. The van der Waals surface area contributed by atoms with E-state index in [0.29, 0.717) is 35.6 Å². The van der Waals surface area contributed by atoms with Crippen molar-refractivity contribution < 1.29 is 5.11 Å². The number of rotatable bonds is 5. The molecule has 0 spiro atoms. The summed E-state index contributed by atoms with van der Waals surface area (Å²) < 4.78 is 3.95. The van der Waals surface area contributed by atoms with Crippen molar-refractivity contribution >= 4 is 16.9 Å². The van der Waals surface area contributed by atoms with Crippen LogP contribution in [-0.2, 0) is 6.54 Å². The maximum absolute atomic E-state index is 9.57. The van der Waals surface area contributed by atoms with Crippen LogP contribution >= 0.6 is 0 Å². The smallest absolute Gasteiger partial charge is 0.163 e. The zero-order chi connectivity index (χ0) is 20.5. The van der Waals surface area contributed by atoms with Crippen LogP contribution in [0.3, 0.4) is 0 Å². The topological polar surface area (TPSA) is 120 Å². The van der Waals surface area contributed by atoms with Crippen LogP contribution in [0.5, 0.6) is 0 Å². The number of hydrogen-bond donors (Lipinski definition) is 3. The van der Waals surface area contributed by atoms with Crippen LogP contribution in [0, 0.1) is 0 Å². The molecular weight excluding hydrogens is 380 g/mol. The Kier molecular flexibility index (Phi) is 4.89. The second-order valence-electron chi connectivity index (χ2n) is 7.48. The van der Waals surface area contributed by atoms with E-state index in [1.807, 2.05) is 45.9 Å². The van der Waals surface area contributed by atoms with Crippen LogP contribution < -0.4 is 11.1 Å². The average molecular weight is 404 g/mol. The fourth-order valence-electron chi connectivity index (χ4n) is 4.03. The van der Waals surface area contributed by atoms with Crippen LogP contribution in [0.25, 0.3) is 33.8 Å². The minimum absolute atomic E-state index is 0.0105. The van der Waals surface area contributed by atoms with Crippen molar-refractivity contribution in [2.45, 2.75) is 25.4 Å². The minimum atomic E-state index is -0.0105. The van der Waals surface area contributed by atoms with E-state index < -0.39 is 0 Å². The first-order chi connectivity index (χ1) is 14.7. The number of nitrogens with two attached hydrogens (primary N) is 1. The fourth-order valence-corrected chi connectivity index (χ4v) is 4.03. The summed E-state index contributed by atoms with van der Waals surface area (Å²) in [5.41, 5.74) is 10.0. The molecule has 0 unspecified atom stereocenters. The average Bonchev–Trinajstić information content (AvgIpc) is 3.41. The highest BCUT2D eigenvalue weighted by atomic mass is 16.3. The summed E-state index contributed by atoms with van der Waals surface area (Å²) in [5, 5.41) is 17.5. The summed E-state index contributed by atoms with van der Waals surface area (Å²) in [5.74, 6) is 0.904. The standard InChI is InChI=1S/C21H24N8O/c22-20-19(21-27-16-3-1-2-4-18(16)28(21)9-10-30)26-17(12-24-20)14-11-25-29(13-14)15-5-7-23-8-6-15/h1-4,11-13,15,23,30H,5-10H2,(H2,22,24). The van der Waals surface area contributed by atoms with Crippen LogP contribution in [0.1, 0.15) is 18.9 Å². The molecule has 1 aromatic carbocycles. The first-order valence-corrected chi connectivity index (χ1v) is 10.2. The van der Waals surface area contributed by atoms with Crippen LogP contribution in [-0.4, -0.2) is 54.1 Å². The molecule has 0 atom stereocenters. The van der Waals surface area contributed by atoms with E-state index in [-0.39, 0.29) is 6.61 Å². The lowest BCUT2D eigenvalue weighted by Crippen LogP contribution is -2.29. The van der Waals surface area contributed by atoms with Crippen molar-refractivity contribution in [2.24, 2.45) is 0 Å². The predicted octanol–water partition coefficient (Wildman–Crippen LogP) is 1.86. The third-order valence-electron chi connectivity index (χ3n) is 5.57. The number of piperidine rings is 1. The molecule has 4 aromatic rings. The molecule has 1 fully saturated rings. The van der Waals surface area contributed by atoms with Crippen LogP contribution in [0.4, 0.5) is 5.82 Å². The van der Waals surface area contributed by atoms with Gasteiger partial charge in [0.05, 0.1) is 41.8 Å². The van der Waals surface area contributed by atoms with Gasteiger partial charge in [-0.25, -0.2) is 15.0 Å². The lowest BCUT2D eigenvalue weighted by atomic mass is 10.1. The first-order valence-electron chi connectivity index (χ1n) is 10.2. The Morgan fingerprint density at radius 2 is 1.97 bits per heavy atom. The van der Waals surface area contributed by atoms with Gasteiger partial charge in [0.1, 0.15) is 5.69 Å². The summed E-state index contributed by atoms with van der Waals surface area (Å²) in [7, 11) is 0. The lowest BCUT2D eigenvalue weighted by molar-refractivity contribution is 0.278. The highest BCUT2D eigenvalue weighted by Crippen LogP contribution is 2.29. The molecule has 0 amide bonds. The van der Waals surface area contributed by atoms with Crippen molar-refractivity contribution in [1.82, 2.24) is 34.6 Å². The summed E-state index contributed by atoms with van der Waals surface area (Å²) in [6.45, 7) is 2.40. The van der Waals surface area contributed by atoms with Crippen molar-refractivity contribution in [3.63, 3.8) is 0 Å². The maximum atomic E-state index is 9.57. The zero-order valence-electron chi connectivity index (χ0n) is 16.6. The molecule has 154 valence electrons. The number of benzene rings is 1. The van der Waals surface area contributed by atoms with Gasteiger partial charge < -0.3 is 20.7 Å².